The van der Waals surface area contributed by atoms with E-state index in [1.54, 1.807) is 12.4 Å². The summed E-state index contributed by atoms with van der Waals surface area (Å²) in [7, 11) is 0. The third-order valence-corrected chi connectivity index (χ3v) is 4.01. The highest BCUT2D eigenvalue weighted by atomic mass is 79.9. The van der Waals surface area contributed by atoms with E-state index in [2.05, 4.69) is 31.2 Å². The van der Waals surface area contributed by atoms with E-state index in [1.807, 2.05) is 6.07 Å². The molecule has 0 aromatic carbocycles. The van der Waals surface area contributed by atoms with Crippen LogP contribution in [0.3, 0.4) is 0 Å². The highest BCUT2D eigenvalue weighted by Gasteiger charge is 2.02. The number of aromatic nitrogens is 2. The van der Waals surface area contributed by atoms with Gasteiger partial charge in [-0.05, 0) is 22.0 Å². The summed E-state index contributed by atoms with van der Waals surface area (Å²) in [5, 5.41) is 4.55. The number of anilines is 1. The van der Waals surface area contributed by atoms with Crippen LogP contribution in [0.5, 0.6) is 0 Å². The summed E-state index contributed by atoms with van der Waals surface area (Å²) in [6.07, 6.45) is 3.31. The monoisotopic (exact) mass is 337 g/mol. The lowest BCUT2D eigenvalue weighted by Gasteiger charge is -2.04. The van der Waals surface area contributed by atoms with E-state index in [0.29, 0.717) is 16.0 Å². The molecule has 7 heteroatoms. The van der Waals surface area contributed by atoms with Crippen LogP contribution in [0.4, 0.5) is 5.69 Å². The molecule has 2 heterocycles. The van der Waals surface area contributed by atoms with Crippen molar-refractivity contribution in [2.75, 3.05) is 5.32 Å². The maximum absolute atomic E-state index is 5.79. The molecular formula is C9H6BrCl2N3S. The molecule has 16 heavy (non-hydrogen) atoms. The predicted octanol–water partition coefficient (Wildman–Crippen LogP) is 4.22. The van der Waals surface area contributed by atoms with Crippen LogP contribution in [0.25, 0.3) is 0 Å². The minimum atomic E-state index is 0.447. The number of hydrogen-bond donors (Lipinski definition) is 1. The third-order valence-electron chi connectivity index (χ3n) is 1.77. The minimum Gasteiger partial charge on any atom is -0.377 e. The SMILES string of the molecule is Clc1cnc(CNc2cnc(Cl)c(Br)c2)s1. The van der Waals surface area contributed by atoms with Crippen LogP contribution in [0.1, 0.15) is 5.01 Å². The smallest absolute Gasteiger partial charge is 0.143 e. The Morgan fingerprint density at radius 3 is 2.75 bits per heavy atom. The summed E-state index contributed by atoms with van der Waals surface area (Å²) in [5.74, 6) is 0. The van der Waals surface area contributed by atoms with Gasteiger partial charge < -0.3 is 5.32 Å². The molecule has 0 spiro atoms. The quantitative estimate of drug-likeness (QED) is 0.851. The molecule has 0 aliphatic heterocycles. The first-order chi connectivity index (χ1) is 7.65. The Kier molecular flexibility index (Phi) is 4.02. The van der Waals surface area contributed by atoms with E-state index in [4.69, 9.17) is 23.2 Å². The van der Waals surface area contributed by atoms with Crippen molar-refractivity contribution in [2.45, 2.75) is 6.54 Å². The fourth-order valence-electron chi connectivity index (χ4n) is 1.07. The summed E-state index contributed by atoms with van der Waals surface area (Å²) in [6.45, 7) is 0.618. The number of nitrogens with one attached hydrogen (secondary N) is 1. The topological polar surface area (TPSA) is 37.8 Å². The Morgan fingerprint density at radius 1 is 1.31 bits per heavy atom. The summed E-state index contributed by atoms with van der Waals surface area (Å²) < 4.78 is 1.45. The zero-order chi connectivity index (χ0) is 11.5. The van der Waals surface area contributed by atoms with Gasteiger partial charge in [0, 0.05) is 0 Å². The summed E-state index contributed by atoms with van der Waals surface area (Å²) in [4.78, 5) is 8.15. The number of hydrogen-bond acceptors (Lipinski definition) is 4. The molecule has 0 aliphatic carbocycles. The lowest BCUT2D eigenvalue weighted by atomic mass is 10.4. The Labute approximate surface area is 115 Å². The Bertz CT molecular complexity index is 503. The number of thiazole rings is 1. The van der Waals surface area contributed by atoms with Crippen molar-refractivity contribution in [1.82, 2.24) is 9.97 Å². The number of pyridine rings is 1. The normalized spacial score (nSPS) is 10.4. The Hall–Kier alpha value is -0.360. The average Bonchev–Trinajstić information content (AvgIpc) is 2.66. The molecule has 3 nitrogen and oxygen atoms in total. The maximum Gasteiger partial charge on any atom is 0.143 e. The fourth-order valence-corrected chi connectivity index (χ4v) is 2.41. The standard InChI is InChI=1S/C9H6BrCl2N3S/c10-6-1-5(2-15-9(6)12)13-4-8-14-3-7(11)16-8/h1-3,13H,4H2. The second-order valence-corrected chi connectivity index (χ2v) is 5.87. The van der Waals surface area contributed by atoms with Crippen LogP contribution >= 0.6 is 50.5 Å². The molecule has 0 saturated carbocycles. The molecule has 0 radical (unpaired) electrons. The van der Waals surface area contributed by atoms with Gasteiger partial charge in [-0.3, -0.25) is 0 Å². The molecule has 0 amide bonds. The molecule has 0 aliphatic rings. The van der Waals surface area contributed by atoms with E-state index in [0.717, 1.165) is 15.2 Å². The minimum absolute atomic E-state index is 0.447. The zero-order valence-electron chi connectivity index (χ0n) is 7.88. The first kappa shape index (κ1) is 12.1. The van der Waals surface area contributed by atoms with Crippen molar-refractivity contribution in [1.29, 1.82) is 0 Å². The van der Waals surface area contributed by atoms with Crippen LogP contribution in [0.2, 0.25) is 9.49 Å². The molecule has 0 bridgehead atoms. The van der Waals surface area contributed by atoms with Gasteiger partial charge in [0.1, 0.15) is 14.5 Å². The van der Waals surface area contributed by atoms with Crippen LogP contribution in [-0.2, 0) is 6.54 Å². The lowest BCUT2D eigenvalue weighted by Crippen LogP contribution is -1.99. The molecule has 0 unspecified atom stereocenters. The van der Waals surface area contributed by atoms with E-state index < -0.39 is 0 Å². The van der Waals surface area contributed by atoms with Gasteiger partial charge in [-0.25, -0.2) is 9.97 Å². The van der Waals surface area contributed by atoms with E-state index in [1.165, 1.54) is 11.3 Å². The highest BCUT2D eigenvalue weighted by molar-refractivity contribution is 9.10. The van der Waals surface area contributed by atoms with Gasteiger partial charge >= 0.3 is 0 Å². The summed E-state index contributed by atoms with van der Waals surface area (Å²) in [5.41, 5.74) is 0.877. The van der Waals surface area contributed by atoms with Crippen molar-refractivity contribution >= 4 is 56.2 Å². The van der Waals surface area contributed by atoms with Gasteiger partial charge in [-0.2, -0.15) is 0 Å². The van der Waals surface area contributed by atoms with Crippen LogP contribution in [0, 0.1) is 0 Å². The van der Waals surface area contributed by atoms with Crippen molar-refractivity contribution in [2.24, 2.45) is 0 Å². The van der Waals surface area contributed by atoms with Gasteiger partial charge in [-0.15, -0.1) is 11.3 Å². The molecular weight excluding hydrogens is 333 g/mol. The molecule has 1 N–H and O–H groups in total. The van der Waals surface area contributed by atoms with E-state index in [-0.39, 0.29) is 0 Å². The Morgan fingerprint density at radius 2 is 2.12 bits per heavy atom. The molecule has 2 aromatic rings. The average molecular weight is 339 g/mol. The number of nitrogens with zero attached hydrogens (tertiary/aromatic N) is 2. The van der Waals surface area contributed by atoms with Crippen LogP contribution < -0.4 is 5.32 Å². The second kappa shape index (κ2) is 5.31. The first-order valence-electron chi connectivity index (χ1n) is 4.30. The Balaban J connectivity index is 2.02. The molecule has 0 fully saturated rings. The molecule has 0 saturated heterocycles. The largest absolute Gasteiger partial charge is 0.377 e. The fraction of sp³-hybridized carbons (Fsp3) is 0.111. The lowest BCUT2D eigenvalue weighted by molar-refractivity contribution is 1.10. The second-order valence-electron chi connectivity index (χ2n) is 2.91. The van der Waals surface area contributed by atoms with Gasteiger partial charge in [0.15, 0.2) is 0 Å². The van der Waals surface area contributed by atoms with Gasteiger partial charge in [0.25, 0.3) is 0 Å². The molecule has 0 atom stereocenters. The number of halogens is 3. The van der Waals surface area contributed by atoms with Crippen molar-refractivity contribution in [3.8, 4) is 0 Å². The van der Waals surface area contributed by atoms with Crippen LogP contribution in [-0.4, -0.2) is 9.97 Å². The summed E-state index contributed by atoms with van der Waals surface area (Å²) >= 11 is 16.3. The van der Waals surface area contributed by atoms with E-state index in [9.17, 15) is 0 Å². The zero-order valence-corrected chi connectivity index (χ0v) is 11.8. The van der Waals surface area contributed by atoms with Gasteiger partial charge in [0.2, 0.25) is 0 Å². The van der Waals surface area contributed by atoms with Crippen LogP contribution in [0.15, 0.2) is 22.9 Å². The number of rotatable bonds is 3. The first-order valence-corrected chi connectivity index (χ1v) is 6.67. The molecule has 84 valence electrons. The van der Waals surface area contributed by atoms with Gasteiger partial charge in [0.05, 0.1) is 29.1 Å². The van der Waals surface area contributed by atoms with Crippen molar-refractivity contribution in [3.63, 3.8) is 0 Å². The van der Waals surface area contributed by atoms with Gasteiger partial charge in [-0.1, -0.05) is 23.2 Å². The molecule has 2 rings (SSSR count). The predicted molar refractivity (Wildman–Crippen MR) is 71.4 cm³/mol. The maximum atomic E-state index is 5.79. The molecule has 2 aromatic heterocycles. The van der Waals surface area contributed by atoms with Crippen molar-refractivity contribution in [3.05, 3.63) is 37.4 Å². The summed E-state index contributed by atoms with van der Waals surface area (Å²) in [6, 6.07) is 1.87. The third kappa shape index (κ3) is 3.07. The van der Waals surface area contributed by atoms with Crippen molar-refractivity contribution < 1.29 is 0 Å². The highest BCUT2D eigenvalue weighted by Crippen LogP contribution is 2.24. The van der Waals surface area contributed by atoms with E-state index >= 15 is 0 Å².